The van der Waals surface area contributed by atoms with Gasteiger partial charge in [-0.1, -0.05) is 0 Å². The predicted molar refractivity (Wildman–Crippen MR) is 88.6 cm³/mol. The molecule has 0 aromatic carbocycles. The first-order chi connectivity index (χ1) is 9.66. The van der Waals surface area contributed by atoms with Crippen molar-refractivity contribution in [1.29, 1.82) is 0 Å². The minimum Gasteiger partial charge on any atom is -0.506 e. The average Bonchev–Trinajstić information content (AvgIpc) is 2.59. The molecule has 0 radical (unpaired) electrons. The number of rotatable bonds is 3. The third-order valence-corrected chi connectivity index (χ3v) is 4.47. The highest BCUT2D eigenvalue weighted by atomic mass is 32.1. The van der Waals surface area contributed by atoms with E-state index in [2.05, 4.69) is 17.6 Å². The van der Waals surface area contributed by atoms with Crippen molar-refractivity contribution in [2.45, 2.75) is 45.8 Å². The fourth-order valence-electron chi connectivity index (χ4n) is 2.03. The first kappa shape index (κ1) is 16.4. The van der Waals surface area contributed by atoms with Crippen LogP contribution < -0.4 is 0 Å². The smallest absolute Gasteiger partial charge is 0.491 e. The molecule has 21 heavy (non-hydrogen) atoms. The lowest BCUT2D eigenvalue weighted by atomic mass is 9.78. The van der Waals surface area contributed by atoms with Crippen molar-refractivity contribution in [1.82, 2.24) is 4.98 Å². The Labute approximate surface area is 132 Å². The van der Waals surface area contributed by atoms with Crippen molar-refractivity contribution < 1.29 is 14.4 Å². The van der Waals surface area contributed by atoms with Crippen LogP contribution >= 0.6 is 12.6 Å². The topological polar surface area (TPSA) is 51.6 Å². The Morgan fingerprint density at radius 1 is 1.29 bits per heavy atom. The fourth-order valence-corrected chi connectivity index (χ4v) is 2.27. The highest BCUT2D eigenvalue weighted by molar-refractivity contribution is 7.80. The highest BCUT2D eigenvalue weighted by Crippen LogP contribution is 2.39. The first-order valence-corrected chi connectivity index (χ1v) is 7.63. The number of aromatic nitrogens is 1. The molecule has 4 nitrogen and oxygen atoms in total. The molecule has 2 rings (SSSR count). The molecule has 0 amide bonds. The van der Waals surface area contributed by atoms with Crippen LogP contribution in [0, 0.1) is 6.92 Å². The molecule has 1 aromatic rings. The molecule has 0 atom stereocenters. The van der Waals surface area contributed by atoms with Gasteiger partial charge in [-0.25, -0.2) is 4.98 Å². The molecule has 0 saturated carbocycles. The molecular formula is C15H22BNO3S. The number of pyridine rings is 1. The van der Waals surface area contributed by atoms with Crippen LogP contribution in [0.3, 0.4) is 0 Å². The SMILES string of the molecule is Cc1ccc(O)c(C=C(CS)B2OC(C)(C)C(C)(C)O2)n1. The lowest BCUT2D eigenvalue weighted by Crippen LogP contribution is -2.41. The van der Waals surface area contributed by atoms with Crippen molar-refractivity contribution in [3.05, 3.63) is 29.0 Å². The van der Waals surface area contributed by atoms with E-state index in [1.165, 1.54) is 0 Å². The predicted octanol–water partition coefficient (Wildman–Crippen LogP) is 3.04. The Morgan fingerprint density at radius 3 is 2.38 bits per heavy atom. The molecule has 1 aromatic heterocycles. The Bertz CT molecular complexity index is 556. The summed E-state index contributed by atoms with van der Waals surface area (Å²) in [7, 11) is -0.478. The molecule has 0 spiro atoms. The summed E-state index contributed by atoms with van der Waals surface area (Å²) in [5, 5.41) is 9.91. The van der Waals surface area contributed by atoms with Crippen LogP contribution in [0.2, 0.25) is 0 Å². The van der Waals surface area contributed by atoms with Gasteiger partial charge in [0, 0.05) is 11.4 Å². The van der Waals surface area contributed by atoms with Crippen LogP contribution in [0.15, 0.2) is 17.6 Å². The van der Waals surface area contributed by atoms with Gasteiger partial charge in [-0.2, -0.15) is 12.6 Å². The van der Waals surface area contributed by atoms with Crippen LogP contribution in [-0.2, 0) is 9.31 Å². The average molecular weight is 307 g/mol. The molecule has 6 heteroatoms. The van der Waals surface area contributed by atoms with Gasteiger partial charge in [0.15, 0.2) is 0 Å². The van der Waals surface area contributed by atoms with Crippen molar-refractivity contribution >= 4 is 25.8 Å². The summed E-state index contributed by atoms with van der Waals surface area (Å²) in [6, 6.07) is 3.40. The molecule has 1 fully saturated rings. The maximum absolute atomic E-state index is 9.91. The van der Waals surface area contributed by atoms with Crippen molar-refractivity contribution in [2.24, 2.45) is 0 Å². The standard InChI is InChI=1S/C15H22BNO3S/c1-10-6-7-13(18)12(17-10)8-11(9-21)16-19-14(2,3)15(4,5)20-16/h6-8,18,21H,9H2,1-5H3. The Morgan fingerprint density at radius 2 is 1.86 bits per heavy atom. The summed E-state index contributed by atoms with van der Waals surface area (Å²) in [6.45, 7) is 9.90. The molecule has 0 aliphatic carbocycles. The van der Waals surface area contributed by atoms with Gasteiger partial charge in [-0.3, -0.25) is 0 Å². The monoisotopic (exact) mass is 307 g/mol. The lowest BCUT2D eigenvalue weighted by molar-refractivity contribution is 0.00578. The first-order valence-electron chi connectivity index (χ1n) is 7.00. The second-order valence-corrected chi connectivity index (χ2v) is 6.64. The zero-order chi connectivity index (χ0) is 15.8. The Kier molecular flexibility index (Phi) is 4.43. The number of aryl methyl sites for hydroxylation is 1. The zero-order valence-corrected chi connectivity index (χ0v) is 14.1. The molecule has 1 aliphatic rings. The minimum absolute atomic E-state index is 0.136. The number of nitrogens with zero attached hydrogens (tertiary/aromatic N) is 1. The number of thiol groups is 1. The summed E-state index contributed by atoms with van der Waals surface area (Å²) in [4.78, 5) is 4.33. The lowest BCUT2D eigenvalue weighted by Gasteiger charge is -2.32. The van der Waals surface area contributed by atoms with Crippen LogP contribution in [0.5, 0.6) is 5.75 Å². The molecule has 0 bridgehead atoms. The van der Waals surface area contributed by atoms with Crippen LogP contribution in [0.1, 0.15) is 39.1 Å². The van der Waals surface area contributed by atoms with Crippen LogP contribution in [-0.4, -0.2) is 34.2 Å². The molecule has 2 heterocycles. The number of hydrogen-bond acceptors (Lipinski definition) is 5. The largest absolute Gasteiger partial charge is 0.506 e. The quantitative estimate of drug-likeness (QED) is 0.666. The second kappa shape index (κ2) is 5.67. The van der Waals surface area contributed by atoms with E-state index in [0.29, 0.717) is 11.4 Å². The van der Waals surface area contributed by atoms with Gasteiger partial charge in [0.2, 0.25) is 0 Å². The maximum atomic E-state index is 9.91. The summed E-state index contributed by atoms with van der Waals surface area (Å²) < 4.78 is 12.0. The molecule has 1 N–H and O–H groups in total. The summed E-state index contributed by atoms with van der Waals surface area (Å²) >= 11 is 4.36. The van der Waals surface area contributed by atoms with Gasteiger partial charge in [0.25, 0.3) is 0 Å². The van der Waals surface area contributed by atoms with Crippen LogP contribution in [0.25, 0.3) is 6.08 Å². The molecule has 1 saturated heterocycles. The van der Waals surface area contributed by atoms with E-state index in [4.69, 9.17) is 9.31 Å². The van der Waals surface area contributed by atoms with E-state index < -0.39 is 18.3 Å². The van der Waals surface area contributed by atoms with Crippen LogP contribution in [0.4, 0.5) is 0 Å². The molecule has 1 aliphatic heterocycles. The third-order valence-electron chi connectivity index (χ3n) is 4.10. The minimum atomic E-state index is -0.478. The summed E-state index contributed by atoms with van der Waals surface area (Å²) in [5.41, 5.74) is 1.38. The Balaban J connectivity index is 2.33. The normalized spacial score (nSPS) is 20.9. The molecule has 0 unspecified atom stereocenters. The van der Waals surface area contributed by atoms with E-state index >= 15 is 0 Å². The zero-order valence-electron chi connectivity index (χ0n) is 13.2. The van der Waals surface area contributed by atoms with E-state index in [0.717, 1.165) is 11.2 Å². The third kappa shape index (κ3) is 3.28. The van der Waals surface area contributed by atoms with Gasteiger partial charge in [0.05, 0.1) is 11.2 Å². The number of hydrogen-bond donors (Lipinski definition) is 2. The maximum Gasteiger partial charge on any atom is 0.491 e. The Hall–Kier alpha value is -0.975. The summed E-state index contributed by atoms with van der Waals surface area (Å²) in [5.74, 6) is 0.600. The van der Waals surface area contributed by atoms with Crippen molar-refractivity contribution in [3.63, 3.8) is 0 Å². The number of aromatic hydroxyl groups is 1. The van der Waals surface area contributed by atoms with E-state index in [9.17, 15) is 5.11 Å². The van der Waals surface area contributed by atoms with Gasteiger partial charge in [-0.05, 0) is 58.3 Å². The second-order valence-electron chi connectivity index (χ2n) is 6.32. The van der Waals surface area contributed by atoms with Gasteiger partial charge >= 0.3 is 7.12 Å². The molecular weight excluding hydrogens is 285 g/mol. The van der Waals surface area contributed by atoms with Crippen molar-refractivity contribution in [3.8, 4) is 5.75 Å². The highest BCUT2D eigenvalue weighted by Gasteiger charge is 2.52. The van der Waals surface area contributed by atoms with E-state index in [1.807, 2.05) is 34.6 Å². The van der Waals surface area contributed by atoms with Gasteiger partial charge in [-0.15, -0.1) is 0 Å². The summed E-state index contributed by atoms with van der Waals surface area (Å²) in [6.07, 6.45) is 1.79. The fraction of sp³-hybridized carbons (Fsp3) is 0.533. The van der Waals surface area contributed by atoms with E-state index in [-0.39, 0.29) is 5.75 Å². The van der Waals surface area contributed by atoms with Gasteiger partial charge < -0.3 is 14.4 Å². The molecule has 114 valence electrons. The van der Waals surface area contributed by atoms with Crippen molar-refractivity contribution in [2.75, 3.05) is 5.75 Å². The van der Waals surface area contributed by atoms with E-state index in [1.54, 1.807) is 18.2 Å². The van der Waals surface area contributed by atoms with Gasteiger partial charge in [0.1, 0.15) is 11.4 Å².